The van der Waals surface area contributed by atoms with Crippen molar-refractivity contribution in [2.75, 3.05) is 6.54 Å². The molecule has 1 rings (SSSR count). The third-order valence-electron chi connectivity index (χ3n) is 3.35. The van der Waals surface area contributed by atoms with Crippen molar-refractivity contribution >= 4 is 5.91 Å². The molecule has 19 heavy (non-hydrogen) atoms. The van der Waals surface area contributed by atoms with E-state index in [0.29, 0.717) is 12.5 Å². The van der Waals surface area contributed by atoms with E-state index in [1.807, 2.05) is 0 Å². The number of carbonyl (C=O) groups excluding carboxylic acids is 1. The van der Waals surface area contributed by atoms with Crippen molar-refractivity contribution < 1.29 is 15.0 Å². The Hall–Kier alpha value is -1.71. The van der Waals surface area contributed by atoms with E-state index in [1.165, 1.54) is 12.1 Å². The Morgan fingerprint density at radius 2 is 2.05 bits per heavy atom. The molecule has 4 heteroatoms. The van der Waals surface area contributed by atoms with E-state index in [4.69, 9.17) is 0 Å². The Morgan fingerprint density at radius 1 is 1.32 bits per heavy atom. The monoisotopic (exact) mass is 265 g/mol. The van der Waals surface area contributed by atoms with Gasteiger partial charge in [0.25, 0.3) is 5.91 Å². The van der Waals surface area contributed by atoms with Gasteiger partial charge in [0.15, 0.2) is 11.5 Å². The number of hydrogen-bond acceptors (Lipinski definition) is 3. The van der Waals surface area contributed by atoms with Gasteiger partial charge in [-0.1, -0.05) is 39.2 Å². The zero-order valence-electron chi connectivity index (χ0n) is 11.6. The number of benzene rings is 1. The minimum atomic E-state index is -0.360. The average molecular weight is 265 g/mol. The van der Waals surface area contributed by atoms with Crippen LogP contribution in [0.3, 0.4) is 0 Å². The molecule has 1 aromatic carbocycles. The minimum absolute atomic E-state index is 0.116. The summed E-state index contributed by atoms with van der Waals surface area (Å²) in [4.78, 5) is 11.9. The van der Waals surface area contributed by atoms with Gasteiger partial charge in [-0.15, -0.1) is 0 Å². The van der Waals surface area contributed by atoms with Gasteiger partial charge in [0, 0.05) is 6.54 Å². The molecule has 1 aromatic rings. The van der Waals surface area contributed by atoms with Crippen LogP contribution in [-0.4, -0.2) is 22.7 Å². The molecule has 1 atom stereocenters. The van der Waals surface area contributed by atoms with E-state index in [0.717, 1.165) is 25.7 Å². The molecule has 0 radical (unpaired) electrons. The Labute approximate surface area is 114 Å². The fourth-order valence-electron chi connectivity index (χ4n) is 1.99. The van der Waals surface area contributed by atoms with Crippen molar-refractivity contribution in [3.63, 3.8) is 0 Å². The van der Waals surface area contributed by atoms with Gasteiger partial charge in [-0.3, -0.25) is 4.79 Å². The maximum absolute atomic E-state index is 11.9. The van der Waals surface area contributed by atoms with Gasteiger partial charge in [0.2, 0.25) is 0 Å². The van der Waals surface area contributed by atoms with Gasteiger partial charge in [-0.25, -0.2) is 0 Å². The Morgan fingerprint density at radius 3 is 2.68 bits per heavy atom. The first kappa shape index (κ1) is 15.3. The molecule has 3 N–H and O–H groups in total. The highest BCUT2D eigenvalue weighted by Gasteiger charge is 2.15. The van der Waals surface area contributed by atoms with Gasteiger partial charge in [-0.2, -0.15) is 0 Å². The average Bonchev–Trinajstić information content (AvgIpc) is 2.42. The molecular weight excluding hydrogens is 242 g/mol. The van der Waals surface area contributed by atoms with Crippen LogP contribution in [0.2, 0.25) is 0 Å². The standard InChI is InChI=1S/C15H23NO3/c1-3-5-7-11(4-2)10-16-15(19)12-8-6-9-13(17)14(12)18/h6,8-9,11,17-18H,3-5,7,10H2,1-2H3,(H,16,19). The molecule has 0 fully saturated rings. The Balaban J connectivity index is 2.57. The summed E-state index contributed by atoms with van der Waals surface area (Å²) < 4.78 is 0. The first-order valence-electron chi connectivity index (χ1n) is 6.89. The lowest BCUT2D eigenvalue weighted by molar-refractivity contribution is 0.0942. The summed E-state index contributed by atoms with van der Waals surface area (Å²) in [5, 5.41) is 21.8. The lowest BCUT2D eigenvalue weighted by Crippen LogP contribution is -2.29. The molecule has 0 spiro atoms. The smallest absolute Gasteiger partial charge is 0.255 e. The van der Waals surface area contributed by atoms with Crippen molar-refractivity contribution in [1.82, 2.24) is 5.32 Å². The predicted octanol–water partition coefficient (Wildman–Crippen LogP) is 3.04. The molecule has 0 aliphatic heterocycles. The zero-order chi connectivity index (χ0) is 14.3. The third-order valence-corrected chi connectivity index (χ3v) is 3.35. The number of hydrogen-bond donors (Lipinski definition) is 3. The number of para-hydroxylation sites is 1. The van der Waals surface area contributed by atoms with E-state index < -0.39 is 0 Å². The summed E-state index contributed by atoms with van der Waals surface area (Å²) in [5.41, 5.74) is 0.116. The number of rotatable bonds is 7. The van der Waals surface area contributed by atoms with Crippen LogP contribution in [0.25, 0.3) is 0 Å². The summed E-state index contributed by atoms with van der Waals surface area (Å²) in [5.74, 6) is -0.515. The first-order chi connectivity index (χ1) is 9.10. The molecule has 1 unspecified atom stereocenters. The summed E-state index contributed by atoms with van der Waals surface area (Å²) in [6.07, 6.45) is 4.43. The van der Waals surface area contributed by atoms with Crippen LogP contribution in [0.4, 0.5) is 0 Å². The predicted molar refractivity (Wildman–Crippen MR) is 75.4 cm³/mol. The van der Waals surface area contributed by atoms with E-state index in [2.05, 4.69) is 19.2 Å². The summed E-state index contributed by atoms with van der Waals surface area (Å²) in [6, 6.07) is 4.39. The molecule has 0 bridgehead atoms. The summed E-state index contributed by atoms with van der Waals surface area (Å²) in [6.45, 7) is 4.86. The molecule has 0 aliphatic carbocycles. The largest absolute Gasteiger partial charge is 0.504 e. The van der Waals surface area contributed by atoms with Gasteiger partial charge >= 0.3 is 0 Å². The fraction of sp³-hybridized carbons (Fsp3) is 0.533. The SMILES string of the molecule is CCCCC(CC)CNC(=O)c1cccc(O)c1O. The van der Waals surface area contributed by atoms with Crippen LogP contribution in [-0.2, 0) is 0 Å². The molecule has 4 nitrogen and oxygen atoms in total. The number of nitrogens with one attached hydrogen (secondary N) is 1. The van der Waals surface area contributed by atoms with E-state index in [-0.39, 0.29) is 23.0 Å². The van der Waals surface area contributed by atoms with Crippen LogP contribution in [0.5, 0.6) is 11.5 Å². The van der Waals surface area contributed by atoms with Crippen molar-refractivity contribution in [3.8, 4) is 11.5 Å². The zero-order valence-corrected chi connectivity index (χ0v) is 11.6. The normalized spacial score (nSPS) is 12.1. The van der Waals surface area contributed by atoms with Crippen LogP contribution in [0.15, 0.2) is 18.2 Å². The third kappa shape index (κ3) is 4.47. The van der Waals surface area contributed by atoms with Crippen LogP contribution in [0.1, 0.15) is 49.9 Å². The molecule has 0 aromatic heterocycles. The maximum atomic E-state index is 11.9. The number of amides is 1. The second-order valence-corrected chi connectivity index (χ2v) is 4.80. The van der Waals surface area contributed by atoms with Crippen LogP contribution >= 0.6 is 0 Å². The molecule has 0 aliphatic rings. The van der Waals surface area contributed by atoms with Gasteiger partial charge in [-0.05, 0) is 24.5 Å². The number of phenols is 2. The highest BCUT2D eigenvalue weighted by atomic mass is 16.3. The summed E-state index contributed by atoms with van der Waals surface area (Å²) >= 11 is 0. The van der Waals surface area contributed by atoms with Crippen molar-refractivity contribution in [2.24, 2.45) is 5.92 Å². The number of aromatic hydroxyl groups is 2. The minimum Gasteiger partial charge on any atom is -0.504 e. The van der Waals surface area contributed by atoms with Crippen LogP contribution in [0, 0.1) is 5.92 Å². The highest BCUT2D eigenvalue weighted by Crippen LogP contribution is 2.28. The van der Waals surface area contributed by atoms with E-state index >= 15 is 0 Å². The van der Waals surface area contributed by atoms with Gasteiger partial charge < -0.3 is 15.5 Å². The van der Waals surface area contributed by atoms with Crippen molar-refractivity contribution in [3.05, 3.63) is 23.8 Å². The van der Waals surface area contributed by atoms with Gasteiger partial charge in [0.1, 0.15) is 0 Å². The highest BCUT2D eigenvalue weighted by molar-refractivity contribution is 5.97. The second kappa shape index (κ2) is 7.67. The molecule has 0 saturated heterocycles. The molecule has 0 saturated carbocycles. The number of unbranched alkanes of at least 4 members (excludes halogenated alkanes) is 1. The van der Waals surface area contributed by atoms with E-state index in [9.17, 15) is 15.0 Å². The molecule has 1 amide bonds. The Kier molecular flexibility index (Phi) is 6.19. The van der Waals surface area contributed by atoms with Crippen LogP contribution < -0.4 is 5.32 Å². The Bertz CT molecular complexity index is 418. The van der Waals surface area contributed by atoms with Crippen molar-refractivity contribution in [2.45, 2.75) is 39.5 Å². The second-order valence-electron chi connectivity index (χ2n) is 4.80. The molecule has 106 valence electrons. The van der Waals surface area contributed by atoms with Crippen molar-refractivity contribution in [1.29, 1.82) is 0 Å². The molecular formula is C15H23NO3. The lowest BCUT2D eigenvalue weighted by Gasteiger charge is -2.15. The molecule has 0 heterocycles. The topological polar surface area (TPSA) is 69.6 Å². The van der Waals surface area contributed by atoms with Gasteiger partial charge in [0.05, 0.1) is 5.56 Å². The fourth-order valence-corrected chi connectivity index (χ4v) is 1.99. The quantitative estimate of drug-likeness (QED) is 0.664. The van der Waals surface area contributed by atoms with E-state index in [1.54, 1.807) is 6.07 Å². The number of carbonyl (C=O) groups is 1. The maximum Gasteiger partial charge on any atom is 0.255 e. The number of phenolic OH excluding ortho intramolecular Hbond substituents is 2. The summed E-state index contributed by atoms with van der Waals surface area (Å²) in [7, 11) is 0. The first-order valence-corrected chi connectivity index (χ1v) is 6.89. The lowest BCUT2D eigenvalue weighted by atomic mass is 9.99.